The minimum atomic E-state index is -3.93. The Kier molecular flexibility index (Phi) is 19.7. The van der Waals surface area contributed by atoms with Crippen molar-refractivity contribution >= 4 is 61.3 Å². The van der Waals surface area contributed by atoms with Gasteiger partial charge >= 0.3 is 61.3 Å². The van der Waals surface area contributed by atoms with Gasteiger partial charge in [-0.2, -0.15) is 0 Å². The Hall–Kier alpha value is 1.20. The van der Waals surface area contributed by atoms with Crippen LogP contribution >= 0.6 is 61.3 Å². The number of hydrogen-bond donors (Lipinski definition) is 0. The summed E-state index contributed by atoms with van der Waals surface area (Å²) in [6, 6.07) is 0. The minimum absolute atomic E-state index is 1.27. The van der Waals surface area contributed by atoms with Crippen molar-refractivity contribution in [1.82, 2.24) is 0 Å². The van der Waals surface area contributed by atoms with E-state index in [1.807, 2.05) is 0 Å². The lowest BCUT2D eigenvalue weighted by molar-refractivity contribution is 0.301. The Morgan fingerprint density at radius 1 is 0.167 bits per heavy atom. The largest absolute Gasteiger partial charge is 0.348 e. The van der Waals surface area contributed by atoms with Gasteiger partial charge in [-0.05, 0) is 0 Å². The zero-order chi connectivity index (χ0) is 37.0. The summed E-state index contributed by atoms with van der Waals surface area (Å²) in [6.45, 7) is 0. The van der Waals surface area contributed by atoms with E-state index >= 15 is 0 Å². The molecule has 24 nitrogen and oxygen atoms in total. The molecule has 0 radical (unpaired) electrons. The highest BCUT2D eigenvalue weighted by Gasteiger charge is 2.42. The van der Waals surface area contributed by atoms with Crippen molar-refractivity contribution in [3.63, 3.8) is 0 Å². The van der Waals surface area contributed by atoms with Crippen molar-refractivity contribution < 1.29 is 72.4 Å². The highest BCUT2D eigenvalue weighted by molar-refractivity contribution is 7.79. The molecule has 0 atom stereocenters. The first-order valence-corrected chi connectivity index (χ1v) is 24.9. The van der Waals surface area contributed by atoms with Crippen LogP contribution in [0.5, 0.6) is 0 Å². The average Bonchev–Trinajstić information content (AvgIpc) is 3.14. The SMILES string of the molecule is COP1(OC)=NP(OC)(OC)=NP(OC)(OC)=NP(OC)(OC)=NP(OC)(OC)=NP(OC)(OC)=NP(OC)(OC)=NP(OC)(OC)=N1. The average molecular weight is 856 g/mol. The lowest BCUT2D eigenvalue weighted by atomic mass is 11.8. The smallest absolute Gasteiger partial charge is 0.310 e. The zero-order valence-electron chi connectivity index (χ0n) is 29.7. The molecule has 0 aliphatic carbocycles. The summed E-state index contributed by atoms with van der Waals surface area (Å²) in [7, 11) is -11.1. The predicted octanol–water partition coefficient (Wildman–Crippen LogP) is 9.91. The molecule has 0 N–H and O–H groups in total. The molecular formula is C16H48N8O16P8. The normalized spacial score (nSPS) is 23.7. The molecular weight excluding hydrogens is 808 g/mol. The van der Waals surface area contributed by atoms with Gasteiger partial charge in [-0.25, -0.2) is 0 Å². The van der Waals surface area contributed by atoms with Crippen LogP contribution in [0, 0.1) is 0 Å². The van der Waals surface area contributed by atoms with Crippen LogP contribution in [-0.4, -0.2) is 114 Å². The summed E-state index contributed by atoms with van der Waals surface area (Å²) in [4.78, 5) is 0. The Morgan fingerprint density at radius 2 is 0.229 bits per heavy atom. The Balaban J connectivity index is 5.29. The van der Waals surface area contributed by atoms with Gasteiger partial charge in [-0.15, -0.1) is 36.1 Å². The molecule has 0 unspecified atom stereocenters. The van der Waals surface area contributed by atoms with Crippen molar-refractivity contribution in [2.75, 3.05) is 114 Å². The van der Waals surface area contributed by atoms with Crippen LogP contribution in [0.1, 0.15) is 0 Å². The van der Waals surface area contributed by atoms with Gasteiger partial charge in [-0.1, -0.05) is 0 Å². The maximum Gasteiger partial charge on any atom is 0.348 e. The molecule has 0 aromatic rings. The van der Waals surface area contributed by atoms with Gasteiger partial charge in [0.15, 0.2) is 0 Å². The summed E-state index contributed by atoms with van der Waals surface area (Å²) < 4.78 is 130. The first-order valence-electron chi connectivity index (χ1n) is 12.7. The molecule has 0 saturated heterocycles. The molecule has 1 aliphatic rings. The van der Waals surface area contributed by atoms with Gasteiger partial charge < -0.3 is 72.4 Å². The minimum Gasteiger partial charge on any atom is -0.310 e. The topological polar surface area (TPSA) is 247 Å². The summed E-state index contributed by atoms with van der Waals surface area (Å²) >= 11 is 0. The lowest BCUT2D eigenvalue weighted by Crippen LogP contribution is -1.97. The third kappa shape index (κ3) is 10.7. The fourth-order valence-corrected chi connectivity index (χ4v) is 26.5. The van der Waals surface area contributed by atoms with E-state index in [-0.39, 0.29) is 0 Å². The Labute approximate surface area is 283 Å². The van der Waals surface area contributed by atoms with Crippen LogP contribution < -0.4 is 0 Å². The zero-order valence-corrected chi connectivity index (χ0v) is 36.8. The molecule has 0 spiro atoms. The van der Waals surface area contributed by atoms with Gasteiger partial charge in [-0.3, -0.25) is 0 Å². The van der Waals surface area contributed by atoms with Crippen LogP contribution in [0.25, 0.3) is 0 Å². The molecule has 0 aromatic heterocycles. The third-order valence-corrected chi connectivity index (χ3v) is 27.7. The fourth-order valence-electron chi connectivity index (χ4n) is 3.05. The molecule has 1 rings (SSSR count). The van der Waals surface area contributed by atoms with Crippen LogP contribution in [0.4, 0.5) is 0 Å². The number of rotatable bonds is 16. The van der Waals surface area contributed by atoms with E-state index in [4.69, 9.17) is 72.4 Å². The predicted molar refractivity (Wildman–Crippen MR) is 187 cm³/mol. The first-order chi connectivity index (χ1) is 22.6. The van der Waals surface area contributed by atoms with Crippen LogP contribution in [0.2, 0.25) is 0 Å². The fraction of sp³-hybridized carbons (Fsp3) is 1.00. The molecule has 0 bridgehead atoms. The van der Waals surface area contributed by atoms with Crippen molar-refractivity contribution in [3.8, 4) is 0 Å². The van der Waals surface area contributed by atoms with E-state index in [2.05, 4.69) is 36.1 Å². The third-order valence-electron chi connectivity index (χ3n) is 5.61. The first kappa shape index (κ1) is 47.2. The van der Waals surface area contributed by atoms with E-state index in [9.17, 15) is 0 Å². The summed E-state index contributed by atoms with van der Waals surface area (Å²) in [6.07, 6.45) is 0. The van der Waals surface area contributed by atoms with Crippen molar-refractivity contribution in [2.24, 2.45) is 36.1 Å². The van der Waals surface area contributed by atoms with Crippen LogP contribution in [-0.2, 0) is 72.4 Å². The second-order valence-corrected chi connectivity index (χ2v) is 27.0. The van der Waals surface area contributed by atoms with Crippen LogP contribution in [0.3, 0.4) is 0 Å². The van der Waals surface area contributed by atoms with Crippen LogP contribution in [0.15, 0.2) is 36.1 Å². The van der Waals surface area contributed by atoms with Gasteiger partial charge in [0.1, 0.15) is 0 Å². The summed E-state index contributed by atoms with van der Waals surface area (Å²) in [5, 5.41) is 0. The summed E-state index contributed by atoms with van der Waals surface area (Å²) in [5.74, 6) is 0. The Morgan fingerprint density at radius 3 is 0.271 bits per heavy atom. The molecule has 48 heavy (non-hydrogen) atoms. The van der Waals surface area contributed by atoms with Gasteiger partial charge in [0, 0.05) is 114 Å². The van der Waals surface area contributed by atoms with E-state index < -0.39 is 61.3 Å². The molecule has 0 saturated carbocycles. The maximum atomic E-state index is 5.77. The Bertz CT molecular complexity index is 1110. The standard InChI is InChI=1S/C16H48N8O16P8/c1-25-41(26-2)17-42(27-3,28-4)19-44(31-7,32-8)21-46(35-11,36-12)23-48(39-15,40-16)24-47(37-13,38-14)22-45(33-9,34-10)20-43(18-41,29-5)30-6/h1-16H3. The number of hydrogen-bond acceptors (Lipinski definition) is 24. The molecule has 0 amide bonds. The molecule has 1 heterocycles. The molecule has 0 fully saturated rings. The van der Waals surface area contributed by atoms with Crippen molar-refractivity contribution in [3.05, 3.63) is 0 Å². The highest BCUT2D eigenvalue weighted by Crippen LogP contribution is 2.81. The second-order valence-electron chi connectivity index (χ2n) is 7.56. The molecule has 32 heteroatoms. The van der Waals surface area contributed by atoms with Gasteiger partial charge in [0.2, 0.25) is 0 Å². The van der Waals surface area contributed by atoms with E-state index in [0.717, 1.165) is 0 Å². The monoisotopic (exact) mass is 856 g/mol. The van der Waals surface area contributed by atoms with Crippen molar-refractivity contribution in [1.29, 1.82) is 0 Å². The maximum absolute atomic E-state index is 5.77. The van der Waals surface area contributed by atoms with E-state index in [1.165, 1.54) is 114 Å². The van der Waals surface area contributed by atoms with E-state index in [0.29, 0.717) is 0 Å². The van der Waals surface area contributed by atoms with Gasteiger partial charge in [0.05, 0.1) is 0 Å². The lowest BCUT2D eigenvalue weighted by Gasteiger charge is -2.29. The molecule has 288 valence electrons. The second kappa shape index (κ2) is 20.0. The van der Waals surface area contributed by atoms with Crippen molar-refractivity contribution in [2.45, 2.75) is 0 Å². The number of nitrogens with zero attached hydrogens (tertiary/aromatic N) is 8. The van der Waals surface area contributed by atoms with E-state index in [1.54, 1.807) is 0 Å². The summed E-state index contributed by atoms with van der Waals surface area (Å²) in [5.41, 5.74) is 0. The van der Waals surface area contributed by atoms with Gasteiger partial charge in [0.25, 0.3) is 0 Å². The highest BCUT2D eigenvalue weighted by atomic mass is 31.3. The quantitative estimate of drug-likeness (QED) is 0.131. The molecule has 1 aliphatic heterocycles. The molecule has 0 aromatic carbocycles.